The summed E-state index contributed by atoms with van der Waals surface area (Å²) in [6, 6.07) is 0. The monoisotopic (exact) mass is 319 g/mol. The fourth-order valence-corrected chi connectivity index (χ4v) is 3.72. The Kier molecular flexibility index (Phi) is 4.24. The molecule has 0 unspecified atom stereocenters. The molecule has 1 aliphatic carbocycles. The molecule has 0 aromatic carbocycles. The van der Waals surface area contributed by atoms with Gasteiger partial charge in [0.15, 0.2) is 5.16 Å². The second-order valence-electron chi connectivity index (χ2n) is 5.63. The Labute approximate surface area is 134 Å². The average molecular weight is 319 g/mol. The molecule has 0 fully saturated rings. The number of imidazole rings is 1. The van der Waals surface area contributed by atoms with Crippen LogP contribution >= 0.6 is 11.8 Å². The summed E-state index contributed by atoms with van der Waals surface area (Å²) in [5.41, 5.74) is 3.03. The highest BCUT2D eigenvalue weighted by Gasteiger charge is 2.18. The predicted octanol–water partition coefficient (Wildman–Crippen LogP) is 1.83. The van der Waals surface area contributed by atoms with Crippen LogP contribution in [0.15, 0.2) is 16.3 Å². The first-order chi connectivity index (χ1) is 10.6. The van der Waals surface area contributed by atoms with Gasteiger partial charge in [0.2, 0.25) is 0 Å². The number of anilines is 1. The van der Waals surface area contributed by atoms with E-state index in [1.165, 1.54) is 0 Å². The normalized spacial score (nSPS) is 13.4. The molecule has 2 heterocycles. The smallest absolute Gasteiger partial charge is 0.254 e. The predicted molar refractivity (Wildman–Crippen MR) is 88.7 cm³/mol. The third kappa shape index (κ3) is 2.77. The number of nitrogens with one attached hydrogen (secondary N) is 1. The topological polar surface area (TPSA) is 66.8 Å². The van der Waals surface area contributed by atoms with Crippen molar-refractivity contribution in [1.82, 2.24) is 19.5 Å². The summed E-state index contributed by atoms with van der Waals surface area (Å²) in [7, 11) is 3.98. The molecule has 6 nitrogen and oxygen atoms in total. The molecule has 118 valence electrons. The van der Waals surface area contributed by atoms with Gasteiger partial charge in [-0.05, 0) is 26.2 Å². The maximum absolute atomic E-state index is 12.1. The first kappa shape index (κ1) is 15.1. The number of aromatic amines is 1. The molecular weight excluding hydrogens is 298 g/mol. The van der Waals surface area contributed by atoms with E-state index in [2.05, 4.69) is 26.4 Å². The molecule has 2 aromatic heterocycles. The minimum absolute atomic E-state index is 0.0295. The van der Waals surface area contributed by atoms with Crippen LogP contribution in [0.1, 0.15) is 30.3 Å². The van der Waals surface area contributed by atoms with E-state index < -0.39 is 0 Å². The largest absolute Gasteiger partial charge is 0.361 e. The molecule has 0 bridgehead atoms. The van der Waals surface area contributed by atoms with E-state index in [1.807, 2.05) is 25.3 Å². The molecule has 0 atom stereocenters. The van der Waals surface area contributed by atoms with Crippen LogP contribution in [0.3, 0.4) is 0 Å². The summed E-state index contributed by atoms with van der Waals surface area (Å²) >= 11 is 1.57. The van der Waals surface area contributed by atoms with E-state index in [0.717, 1.165) is 54.3 Å². The highest BCUT2D eigenvalue weighted by Crippen LogP contribution is 2.26. The van der Waals surface area contributed by atoms with Crippen molar-refractivity contribution in [2.24, 2.45) is 0 Å². The van der Waals surface area contributed by atoms with Crippen LogP contribution in [0.5, 0.6) is 0 Å². The zero-order valence-electron chi connectivity index (χ0n) is 13.2. The van der Waals surface area contributed by atoms with Crippen LogP contribution in [-0.4, -0.2) is 33.6 Å². The summed E-state index contributed by atoms with van der Waals surface area (Å²) in [5.74, 6) is 1.71. The van der Waals surface area contributed by atoms with Crippen molar-refractivity contribution in [3.8, 4) is 0 Å². The molecule has 0 saturated carbocycles. The molecule has 0 amide bonds. The first-order valence-electron chi connectivity index (χ1n) is 7.56. The van der Waals surface area contributed by atoms with Crippen LogP contribution < -0.4 is 10.5 Å². The molecule has 22 heavy (non-hydrogen) atoms. The number of aryl methyl sites for hydroxylation is 2. The third-order valence-corrected chi connectivity index (χ3v) is 4.84. The Balaban J connectivity index is 1.83. The van der Waals surface area contributed by atoms with Crippen molar-refractivity contribution in [2.75, 3.05) is 19.0 Å². The molecule has 1 N–H and O–H groups in total. The SMILES string of the molecule is CCn1cnc(N(C)C)c1CSc1nc2c(c(=O)[nH]1)CCC2. The Morgan fingerprint density at radius 1 is 1.41 bits per heavy atom. The summed E-state index contributed by atoms with van der Waals surface area (Å²) < 4.78 is 2.13. The van der Waals surface area contributed by atoms with Crippen LogP contribution in [0, 0.1) is 0 Å². The summed E-state index contributed by atoms with van der Waals surface area (Å²) in [6.07, 6.45) is 4.68. The Bertz CT molecular complexity index is 734. The molecule has 0 aliphatic heterocycles. The van der Waals surface area contributed by atoms with Crippen LogP contribution in [0.25, 0.3) is 0 Å². The zero-order chi connectivity index (χ0) is 15.7. The number of fused-ring (bicyclic) bond motifs is 1. The molecular formula is C15H21N5OS. The standard InChI is InChI=1S/C15H21N5OS/c1-4-20-9-16-13(19(2)3)12(20)8-22-15-17-11-7-5-6-10(11)14(21)18-15/h9H,4-8H2,1-3H3,(H,17,18,21). The molecule has 7 heteroatoms. The van der Waals surface area contributed by atoms with Gasteiger partial charge in [-0.15, -0.1) is 0 Å². The zero-order valence-corrected chi connectivity index (χ0v) is 14.0. The van der Waals surface area contributed by atoms with Gasteiger partial charge < -0.3 is 14.5 Å². The van der Waals surface area contributed by atoms with Crippen LogP contribution in [-0.2, 0) is 25.1 Å². The van der Waals surface area contributed by atoms with E-state index in [4.69, 9.17) is 0 Å². The minimum atomic E-state index is 0.0295. The van der Waals surface area contributed by atoms with Gasteiger partial charge in [-0.2, -0.15) is 0 Å². The van der Waals surface area contributed by atoms with Gasteiger partial charge in [0.05, 0.1) is 17.7 Å². The van der Waals surface area contributed by atoms with Gasteiger partial charge in [0.1, 0.15) is 5.82 Å². The minimum Gasteiger partial charge on any atom is -0.361 e. The van der Waals surface area contributed by atoms with Crippen molar-refractivity contribution < 1.29 is 0 Å². The number of rotatable bonds is 5. The molecule has 1 aliphatic rings. The van der Waals surface area contributed by atoms with Gasteiger partial charge in [-0.3, -0.25) is 4.79 Å². The van der Waals surface area contributed by atoms with Gasteiger partial charge in [0.25, 0.3) is 5.56 Å². The highest BCUT2D eigenvalue weighted by molar-refractivity contribution is 7.98. The van der Waals surface area contributed by atoms with Gasteiger partial charge in [-0.25, -0.2) is 9.97 Å². The van der Waals surface area contributed by atoms with E-state index in [-0.39, 0.29) is 5.56 Å². The molecule has 2 aromatic rings. The lowest BCUT2D eigenvalue weighted by Crippen LogP contribution is -2.15. The number of hydrogen-bond donors (Lipinski definition) is 1. The Hall–Kier alpha value is -1.76. The van der Waals surface area contributed by atoms with E-state index in [0.29, 0.717) is 5.16 Å². The van der Waals surface area contributed by atoms with E-state index in [9.17, 15) is 4.79 Å². The molecule has 0 radical (unpaired) electrons. The summed E-state index contributed by atoms with van der Waals surface area (Å²) in [5, 5.41) is 0.708. The van der Waals surface area contributed by atoms with Crippen molar-refractivity contribution >= 4 is 17.6 Å². The summed E-state index contributed by atoms with van der Waals surface area (Å²) in [6.45, 7) is 2.98. The molecule has 3 rings (SSSR count). The fourth-order valence-electron chi connectivity index (χ4n) is 2.81. The average Bonchev–Trinajstić information content (AvgIpc) is 3.11. The fraction of sp³-hybridized carbons (Fsp3) is 0.533. The second-order valence-corrected chi connectivity index (χ2v) is 6.60. The first-order valence-corrected chi connectivity index (χ1v) is 8.55. The maximum Gasteiger partial charge on any atom is 0.254 e. The van der Waals surface area contributed by atoms with Crippen molar-refractivity contribution in [1.29, 1.82) is 0 Å². The van der Waals surface area contributed by atoms with Crippen LogP contribution in [0.4, 0.5) is 5.82 Å². The van der Waals surface area contributed by atoms with Crippen molar-refractivity contribution in [3.63, 3.8) is 0 Å². The quantitative estimate of drug-likeness (QED) is 0.673. The maximum atomic E-state index is 12.1. The van der Waals surface area contributed by atoms with Gasteiger partial charge >= 0.3 is 0 Å². The number of H-pyrrole nitrogens is 1. The van der Waals surface area contributed by atoms with Crippen LogP contribution in [0.2, 0.25) is 0 Å². The molecule has 0 saturated heterocycles. The summed E-state index contributed by atoms with van der Waals surface area (Å²) in [4.78, 5) is 26.0. The molecule has 0 spiro atoms. The number of thioether (sulfide) groups is 1. The lowest BCUT2D eigenvalue weighted by atomic mass is 10.3. The Morgan fingerprint density at radius 3 is 2.95 bits per heavy atom. The van der Waals surface area contributed by atoms with Gasteiger partial charge in [-0.1, -0.05) is 11.8 Å². The second kappa shape index (κ2) is 6.16. The lowest BCUT2D eigenvalue weighted by molar-refractivity contribution is 0.732. The number of hydrogen-bond acceptors (Lipinski definition) is 5. The Morgan fingerprint density at radius 2 is 2.23 bits per heavy atom. The highest BCUT2D eigenvalue weighted by atomic mass is 32.2. The van der Waals surface area contributed by atoms with Crippen molar-refractivity contribution in [2.45, 2.75) is 43.6 Å². The van der Waals surface area contributed by atoms with E-state index in [1.54, 1.807) is 11.8 Å². The van der Waals surface area contributed by atoms with Gasteiger partial charge in [0, 0.05) is 32.0 Å². The number of nitrogens with zero attached hydrogens (tertiary/aromatic N) is 4. The number of aromatic nitrogens is 4. The van der Waals surface area contributed by atoms with Crippen molar-refractivity contribution in [3.05, 3.63) is 33.6 Å². The lowest BCUT2D eigenvalue weighted by Gasteiger charge is -2.13. The third-order valence-electron chi connectivity index (χ3n) is 3.95. The van der Waals surface area contributed by atoms with E-state index >= 15 is 0 Å².